The number of hydrogen-bond acceptors (Lipinski definition) is 4. The summed E-state index contributed by atoms with van der Waals surface area (Å²) >= 11 is 6.23. The van der Waals surface area contributed by atoms with E-state index in [1.807, 2.05) is 19.9 Å². The second-order valence-electron chi connectivity index (χ2n) is 4.41. The highest BCUT2D eigenvalue weighted by molar-refractivity contribution is 6.34. The molecule has 0 aromatic carbocycles. The van der Waals surface area contributed by atoms with Gasteiger partial charge in [0.25, 0.3) is 0 Å². The van der Waals surface area contributed by atoms with E-state index >= 15 is 0 Å². The van der Waals surface area contributed by atoms with Gasteiger partial charge in [-0.1, -0.05) is 18.2 Å². The minimum atomic E-state index is -0.00387. The quantitative estimate of drug-likeness (QED) is 0.866. The Balaban J connectivity index is 2.30. The molecular formula is C15H15ClN2O2. The van der Waals surface area contributed by atoms with Gasteiger partial charge in [0.1, 0.15) is 6.61 Å². The number of aldehydes is 1. The fourth-order valence-corrected chi connectivity index (χ4v) is 2.23. The number of dihydropyridines is 1. The van der Waals surface area contributed by atoms with E-state index in [1.165, 1.54) is 0 Å². The zero-order valence-corrected chi connectivity index (χ0v) is 12.1. The molecule has 1 aromatic rings. The smallest absolute Gasteiger partial charge is 0.213 e. The second kappa shape index (κ2) is 5.92. The van der Waals surface area contributed by atoms with Crippen LogP contribution in [-0.4, -0.2) is 17.9 Å². The summed E-state index contributed by atoms with van der Waals surface area (Å²) in [6.45, 7) is 7.90. The Morgan fingerprint density at radius 3 is 2.75 bits per heavy atom. The molecule has 104 valence electrons. The molecule has 5 heteroatoms. The molecular weight excluding hydrogens is 276 g/mol. The van der Waals surface area contributed by atoms with E-state index in [0.29, 0.717) is 17.2 Å². The lowest BCUT2D eigenvalue weighted by atomic mass is 9.95. The van der Waals surface area contributed by atoms with Crippen LogP contribution in [-0.2, 0) is 4.79 Å². The Bertz CT molecular complexity index is 615. The third-order valence-electron chi connectivity index (χ3n) is 2.97. The molecule has 0 atom stereocenters. The van der Waals surface area contributed by atoms with Crippen LogP contribution < -0.4 is 10.1 Å². The molecule has 0 unspecified atom stereocenters. The van der Waals surface area contributed by atoms with Gasteiger partial charge in [-0.25, -0.2) is 4.98 Å². The number of hydrogen-bond donors (Lipinski definition) is 1. The van der Waals surface area contributed by atoms with E-state index in [0.717, 1.165) is 28.1 Å². The van der Waals surface area contributed by atoms with Crippen LogP contribution in [0.2, 0.25) is 0 Å². The van der Waals surface area contributed by atoms with Gasteiger partial charge >= 0.3 is 0 Å². The monoisotopic (exact) mass is 290 g/mol. The number of carbonyl (C=O) groups is 1. The van der Waals surface area contributed by atoms with Gasteiger partial charge in [0.05, 0.1) is 5.03 Å². The molecule has 2 rings (SSSR count). The fourth-order valence-electron chi connectivity index (χ4n) is 2.08. The van der Waals surface area contributed by atoms with Gasteiger partial charge in [-0.3, -0.25) is 4.79 Å². The van der Waals surface area contributed by atoms with E-state index in [4.69, 9.17) is 16.3 Å². The molecule has 0 fully saturated rings. The lowest BCUT2D eigenvalue weighted by Crippen LogP contribution is -2.17. The number of pyridine rings is 1. The maximum Gasteiger partial charge on any atom is 0.213 e. The largest absolute Gasteiger partial charge is 0.470 e. The number of nitrogens with one attached hydrogen (secondary N) is 1. The minimum Gasteiger partial charge on any atom is -0.470 e. The maximum absolute atomic E-state index is 10.2. The van der Waals surface area contributed by atoms with Gasteiger partial charge in [0, 0.05) is 34.8 Å². The summed E-state index contributed by atoms with van der Waals surface area (Å²) in [5, 5.41) is 3.84. The van der Waals surface area contributed by atoms with Crippen LogP contribution in [0.5, 0.6) is 5.88 Å². The van der Waals surface area contributed by atoms with Gasteiger partial charge < -0.3 is 10.1 Å². The Hall–Kier alpha value is -2.07. The maximum atomic E-state index is 10.2. The summed E-state index contributed by atoms with van der Waals surface area (Å²) in [5.41, 5.74) is 4.44. The zero-order valence-electron chi connectivity index (χ0n) is 11.4. The Kier molecular flexibility index (Phi) is 4.25. The number of aromatic nitrogens is 1. The summed E-state index contributed by atoms with van der Waals surface area (Å²) in [4.78, 5) is 14.4. The predicted octanol–water partition coefficient (Wildman–Crippen LogP) is 3.02. The first-order chi connectivity index (χ1) is 9.54. The third kappa shape index (κ3) is 2.75. The van der Waals surface area contributed by atoms with Crippen molar-refractivity contribution in [1.29, 1.82) is 0 Å². The van der Waals surface area contributed by atoms with E-state index in [2.05, 4.69) is 16.9 Å². The summed E-state index contributed by atoms with van der Waals surface area (Å²) in [5.74, 6) is 0.409. The number of carbonyl (C=O) groups excluding carboxylic acids is 1. The molecule has 0 aliphatic carbocycles. The van der Waals surface area contributed by atoms with Crippen molar-refractivity contribution in [3.8, 4) is 5.88 Å². The standard InChI is InChI=1S/C15H15ClN2O2/c1-9-14(10(2)18-11(3)15(9)16)12-4-5-13(17-8-12)20-7-6-19/h4-6,8,18H,1,7H2,2-3H3. The van der Waals surface area contributed by atoms with Crippen molar-refractivity contribution in [3.05, 3.63) is 52.5 Å². The van der Waals surface area contributed by atoms with Crippen molar-refractivity contribution in [3.63, 3.8) is 0 Å². The molecule has 2 heterocycles. The molecule has 1 N–H and O–H groups in total. The molecule has 1 aliphatic rings. The molecule has 0 saturated heterocycles. The van der Waals surface area contributed by atoms with Crippen molar-refractivity contribution in [2.45, 2.75) is 13.8 Å². The molecule has 20 heavy (non-hydrogen) atoms. The lowest BCUT2D eigenvalue weighted by molar-refractivity contribution is -0.109. The van der Waals surface area contributed by atoms with Crippen molar-refractivity contribution >= 4 is 23.5 Å². The highest BCUT2D eigenvalue weighted by atomic mass is 35.5. The summed E-state index contributed by atoms with van der Waals surface area (Å²) in [6.07, 6.45) is 2.36. The molecule has 0 saturated carbocycles. The first-order valence-corrected chi connectivity index (χ1v) is 6.49. The fraction of sp³-hybridized carbons (Fsp3) is 0.200. The average Bonchev–Trinajstić information content (AvgIpc) is 2.44. The topological polar surface area (TPSA) is 51.2 Å². The van der Waals surface area contributed by atoms with Crippen LogP contribution in [0.3, 0.4) is 0 Å². The van der Waals surface area contributed by atoms with Gasteiger partial charge in [-0.2, -0.15) is 0 Å². The summed E-state index contributed by atoms with van der Waals surface area (Å²) < 4.78 is 5.12. The van der Waals surface area contributed by atoms with Gasteiger partial charge in [-0.15, -0.1) is 0 Å². The van der Waals surface area contributed by atoms with Crippen LogP contribution in [0.1, 0.15) is 19.4 Å². The minimum absolute atomic E-state index is 0.00387. The van der Waals surface area contributed by atoms with Crippen LogP contribution >= 0.6 is 11.6 Å². The van der Waals surface area contributed by atoms with E-state index in [-0.39, 0.29) is 6.61 Å². The van der Waals surface area contributed by atoms with Crippen molar-refractivity contribution in [2.75, 3.05) is 6.61 Å². The molecule has 0 amide bonds. The Labute approximate surface area is 122 Å². The van der Waals surface area contributed by atoms with Crippen LogP contribution in [0, 0.1) is 0 Å². The predicted molar refractivity (Wildman–Crippen MR) is 79.2 cm³/mol. The average molecular weight is 291 g/mol. The second-order valence-corrected chi connectivity index (χ2v) is 4.78. The molecule has 1 aliphatic heterocycles. The van der Waals surface area contributed by atoms with E-state index in [9.17, 15) is 4.79 Å². The molecule has 4 nitrogen and oxygen atoms in total. The Morgan fingerprint density at radius 1 is 1.40 bits per heavy atom. The van der Waals surface area contributed by atoms with Gasteiger partial charge in [0.2, 0.25) is 5.88 Å². The van der Waals surface area contributed by atoms with E-state index < -0.39 is 0 Å². The SMILES string of the molecule is C=C1C(Cl)=C(C)NC(C)=C1c1ccc(OCC=O)nc1. The third-order valence-corrected chi connectivity index (χ3v) is 3.48. The summed E-state index contributed by atoms with van der Waals surface area (Å²) in [7, 11) is 0. The number of ether oxygens (including phenoxy) is 1. The number of allylic oxidation sites excluding steroid dienone is 5. The van der Waals surface area contributed by atoms with E-state index in [1.54, 1.807) is 12.3 Å². The first kappa shape index (κ1) is 14.3. The molecule has 1 aromatic heterocycles. The molecule has 0 radical (unpaired) electrons. The van der Waals surface area contributed by atoms with Crippen molar-refractivity contribution in [1.82, 2.24) is 10.3 Å². The zero-order chi connectivity index (χ0) is 14.7. The highest BCUT2D eigenvalue weighted by Gasteiger charge is 2.19. The van der Waals surface area contributed by atoms with Gasteiger partial charge in [0.15, 0.2) is 6.29 Å². The van der Waals surface area contributed by atoms with Gasteiger partial charge in [-0.05, 0) is 25.5 Å². The number of halogens is 1. The molecule has 0 spiro atoms. The van der Waals surface area contributed by atoms with Crippen LogP contribution in [0.25, 0.3) is 5.57 Å². The van der Waals surface area contributed by atoms with Crippen molar-refractivity contribution in [2.24, 2.45) is 0 Å². The number of nitrogens with zero attached hydrogens (tertiary/aromatic N) is 1. The highest BCUT2D eigenvalue weighted by Crippen LogP contribution is 2.36. The normalized spacial score (nSPS) is 15.2. The first-order valence-electron chi connectivity index (χ1n) is 6.11. The number of rotatable bonds is 4. The Morgan fingerprint density at radius 2 is 2.15 bits per heavy atom. The van der Waals surface area contributed by atoms with Crippen LogP contribution in [0.15, 0.2) is 46.9 Å². The van der Waals surface area contributed by atoms with Crippen molar-refractivity contribution < 1.29 is 9.53 Å². The lowest BCUT2D eigenvalue weighted by Gasteiger charge is -2.23. The summed E-state index contributed by atoms with van der Waals surface area (Å²) in [6, 6.07) is 3.58. The molecule has 0 bridgehead atoms. The van der Waals surface area contributed by atoms with Crippen LogP contribution in [0.4, 0.5) is 0 Å².